The molecule has 2 heterocycles. The standard InChI is InChI=1S/C13H14N2O2S/c16-13(12-5-1-2-6-14-12)15-7-9-18-10-11-4-3-8-17-11/h1-6,8H,7,9-10H2,(H,15,16). The van der Waals surface area contributed by atoms with Gasteiger partial charge in [0.1, 0.15) is 11.5 Å². The number of nitrogens with one attached hydrogen (secondary N) is 1. The highest BCUT2D eigenvalue weighted by molar-refractivity contribution is 7.98. The van der Waals surface area contributed by atoms with Crippen LogP contribution in [0.4, 0.5) is 0 Å². The Morgan fingerprint density at radius 3 is 3.00 bits per heavy atom. The summed E-state index contributed by atoms with van der Waals surface area (Å²) in [6, 6.07) is 9.10. The van der Waals surface area contributed by atoms with Crippen molar-refractivity contribution in [2.24, 2.45) is 0 Å². The van der Waals surface area contributed by atoms with Gasteiger partial charge in [0.2, 0.25) is 0 Å². The van der Waals surface area contributed by atoms with E-state index >= 15 is 0 Å². The molecule has 0 spiro atoms. The highest BCUT2D eigenvalue weighted by Gasteiger charge is 2.04. The Labute approximate surface area is 110 Å². The molecule has 94 valence electrons. The third-order valence-corrected chi connectivity index (χ3v) is 3.24. The molecule has 5 heteroatoms. The number of pyridine rings is 1. The van der Waals surface area contributed by atoms with Crippen molar-refractivity contribution in [1.29, 1.82) is 0 Å². The zero-order valence-corrected chi connectivity index (χ0v) is 10.7. The maximum absolute atomic E-state index is 11.6. The fourth-order valence-corrected chi connectivity index (χ4v) is 2.15. The van der Waals surface area contributed by atoms with Gasteiger partial charge in [-0.1, -0.05) is 6.07 Å². The predicted octanol–water partition coefficient (Wildman–Crippen LogP) is 2.34. The number of aromatic nitrogens is 1. The highest BCUT2D eigenvalue weighted by atomic mass is 32.2. The summed E-state index contributed by atoms with van der Waals surface area (Å²) in [6.45, 7) is 0.626. The van der Waals surface area contributed by atoms with Gasteiger partial charge in [-0.3, -0.25) is 9.78 Å². The first-order valence-electron chi connectivity index (χ1n) is 5.65. The van der Waals surface area contributed by atoms with Crippen LogP contribution in [0.25, 0.3) is 0 Å². The number of carbonyl (C=O) groups excluding carboxylic acids is 1. The maximum Gasteiger partial charge on any atom is 0.269 e. The molecular weight excluding hydrogens is 248 g/mol. The van der Waals surface area contributed by atoms with E-state index in [0.29, 0.717) is 12.2 Å². The number of thioether (sulfide) groups is 1. The smallest absolute Gasteiger partial charge is 0.269 e. The lowest BCUT2D eigenvalue weighted by atomic mass is 10.3. The molecule has 2 aromatic heterocycles. The van der Waals surface area contributed by atoms with E-state index in [1.807, 2.05) is 12.1 Å². The number of furan rings is 1. The fraction of sp³-hybridized carbons (Fsp3) is 0.231. The normalized spacial score (nSPS) is 10.2. The SMILES string of the molecule is O=C(NCCSCc1ccco1)c1ccccn1. The van der Waals surface area contributed by atoms with Crippen LogP contribution >= 0.6 is 11.8 Å². The molecule has 0 aliphatic rings. The molecule has 2 aromatic rings. The van der Waals surface area contributed by atoms with Gasteiger partial charge in [0.05, 0.1) is 12.0 Å². The van der Waals surface area contributed by atoms with Crippen molar-refractivity contribution < 1.29 is 9.21 Å². The summed E-state index contributed by atoms with van der Waals surface area (Å²) in [5.41, 5.74) is 0.452. The van der Waals surface area contributed by atoms with Crippen LogP contribution in [-0.4, -0.2) is 23.2 Å². The molecule has 0 atom stereocenters. The molecule has 0 radical (unpaired) electrons. The third-order valence-electron chi connectivity index (χ3n) is 2.25. The Kier molecular flexibility index (Phi) is 4.84. The summed E-state index contributed by atoms with van der Waals surface area (Å²) in [5.74, 6) is 2.50. The maximum atomic E-state index is 11.6. The van der Waals surface area contributed by atoms with Crippen LogP contribution in [-0.2, 0) is 5.75 Å². The molecule has 2 rings (SSSR count). The Bertz CT molecular complexity index is 471. The summed E-state index contributed by atoms with van der Waals surface area (Å²) >= 11 is 1.72. The van der Waals surface area contributed by atoms with Crippen molar-refractivity contribution >= 4 is 17.7 Å². The van der Waals surface area contributed by atoms with E-state index in [9.17, 15) is 4.79 Å². The molecule has 0 aliphatic heterocycles. The Morgan fingerprint density at radius 2 is 2.28 bits per heavy atom. The van der Waals surface area contributed by atoms with E-state index in [1.54, 1.807) is 42.4 Å². The van der Waals surface area contributed by atoms with Crippen molar-refractivity contribution in [1.82, 2.24) is 10.3 Å². The molecule has 0 saturated carbocycles. The van der Waals surface area contributed by atoms with Crippen LogP contribution < -0.4 is 5.32 Å². The van der Waals surface area contributed by atoms with Crippen LogP contribution in [0.15, 0.2) is 47.2 Å². The van der Waals surface area contributed by atoms with Gasteiger partial charge in [0.25, 0.3) is 5.91 Å². The Morgan fingerprint density at radius 1 is 1.33 bits per heavy atom. The van der Waals surface area contributed by atoms with Gasteiger partial charge >= 0.3 is 0 Å². The number of nitrogens with zero attached hydrogens (tertiary/aromatic N) is 1. The first-order chi connectivity index (χ1) is 8.86. The molecule has 0 bridgehead atoms. The summed E-state index contributed by atoms with van der Waals surface area (Å²) < 4.78 is 5.21. The molecule has 0 saturated heterocycles. The topological polar surface area (TPSA) is 55.1 Å². The van der Waals surface area contributed by atoms with Gasteiger partial charge in [0.15, 0.2) is 0 Å². The third kappa shape index (κ3) is 3.92. The van der Waals surface area contributed by atoms with E-state index in [4.69, 9.17) is 4.42 Å². The second-order valence-corrected chi connectivity index (χ2v) is 4.71. The van der Waals surface area contributed by atoms with Crippen LogP contribution in [0.2, 0.25) is 0 Å². The predicted molar refractivity (Wildman–Crippen MR) is 71.4 cm³/mol. The van der Waals surface area contributed by atoms with Gasteiger partial charge in [0, 0.05) is 18.5 Å². The van der Waals surface area contributed by atoms with Gasteiger partial charge in [-0.25, -0.2) is 0 Å². The first-order valence-corrected chi connectivity index (χ1v) is 6.81. The lowest BCUT2D eigenvalue weighted by Crippen LogP contribution is -2.26. The van der Waals surface area contributed by atoms with Crippen molar-refractivity contribution in [3.05, 3.63) is 54.2 Å². The molecular formula is C13H14N2O2S. The number of amides is 1. The Hall–Kier alpha value is -1.75. The quantitative estimate of drug-likeness (QED) is 0.812. The average Bonchev–Trinajstić information content (AvgIpc) is 2.92. The molecule has 4 nitrogen and oxygen atoms in total. The highest BCUT2D eigenvalue weighted by Crippen LogP contribution is 2.11. The Balaban J connectivity index is 1.62. The zero-order valence-electron chi connectivity index (χ0n) is 9.83. The van der Waals surface area contributed by atoms with Crippen LogP contribution in [0, 0.1) is 0 Å². The monoisotopic (exact) mass is 262 g/mol. The lowest BCUT2D eigenvalue weighted by Gasteiger charge is -2.03. The van der Waals surface area contributed by atoms with Gasteiger partial charge in [-0.15, -0.1) is 0 Å². The van der Waals surface area contributed by atoms with Gasteiger partial charge in [-0.05, 0) is 24.3 Å². The number of rotatable bonds is 6. The molecule has 1 amide bonds. The second-order valence-electron chi connectivity index (χ2n) is 3.60. The van der Waals surface area contributed by atoms with E-state index in [1.165, 1.54) is 0 Å². The zero-order chi connectivity index (χ0) is 12.6. The van der Waals surface area contributed by atoms with Crippen molar-refractivity contribution in [2.75, 3.05) is 12.3 Å². The lowest BCUT2D eigenvalue weighted by molar-refractivity contribution is 0.0951. The van der Waals surface area contributed by atoms with E-state index in [-0.39, 0.29) is 5.91 Å². The number of carbonyl (C=O) groups is 1. The van der Waals surface area contributed by atoms with Gasteiger partial charge in [-0.2, -0.15) is 11.8 Å². The van der Waals surface area contributed by atoms with E-state index in [2.05, 4.69) is 10.3 Å². The van der Waals surface area contributed by atoms with Crippen LogP contribution in [0.3, 0.4) is 0 Å². The first kappa shape index (κ1) is 12.7. The van der Waals surface area contributed by atoms with Crippen molar-refractivity contribution in [2.45, 2.75) is 5.75 Å². The van der Waals surface area contributed by atoms with E-state index in [0.717, 1.165) is 17.3 Å². The summed E-state index contributed by atoms with van der Waals surface area (Å²) in [6.07, 6.45) is 3.28. The average molecular weight is 262 g/mol. The summed E-state index contributed by atoms with van der Waals surface area (Å²) in [5, 5.41) is 2.83. The molecule has 1 N–H and O–H groups in total. The molecule has 0 aromatic carbocycles. The number of hydrogen-bond donors (Lipinski definition) is 1. The number of hydrogen-bond acceptors (Lipinski definition) is 4. The van der Waals surface area contributed by atoms with Crippen LogP contribution in [0.5, 0.6) is 0 Å². The van der Waals surface area contributed by atoms with E-state index < -0.39 is 0 Å². The largest absolute Gasteiger partial charge is 0.468 e. The van der Waals surface area contributed by atoms with Crippen LogP contribution in [0.1, 0.15) is 16.2 Å². The summed E-state index contributed by atoms with van der Waals surface area (Å²) in [7, 11) is 0. The fourth-order valence-electron chi connectivity index (χ4n) is 1.39. The minimum absolute atomic E-state index is 0.130. The minimum atomic E-state index is -0.130. The molecule has 0 fully saturated rings. The molecule has 18 heavy (non-hydrogen) atoms. The van der Waals surface area contributed by atoms with Crippen molar-refractivity contribution in [3.63, 3.8) is 0 Å². The summed E-state index contributed by atoms with van der Waals surface area (Å²) in [4.78, 5) is 15.6. The molecule has 0 unspecified atom stereocenters. The minimum Gasteiger partial charge on any atom is -0.468 e. The second kappa shape index (κ2) is 6.86. The van der Waals surface area contributed by atoms with Gasteiger partial charge < -0.3 is 9.73 Å². The molecule has 0 aliphatic carbocycles. The van der Waals surface area contributed by atoms with Crippen molar-refractivity contribution in [3.8, 4) is 0 Å².